The van der Waals surface area contributed by atoms with Crippen LogP contribution in [0.5, 0.6) is 0 Å². The van der Waals surface area contributed by atoms with Crippen molar-refractivity contribution in [2.75, 3.05) is 5.75 Å². The van der Waals surface area contributed by atoms with Crippen LogP contribution in [0.4, 0.5) is 8.78 Å². The summed E-state index contributed by atoms with van der Waals surface area (Å²) in [6.45, 7) is 3.17. The third-order valence-electron chi connectivity index (χ3n) is 1.67. The minimum atomic E-state index is -2.97. The van der Waals surface area contributed by atoms with Crippen molar-refractivity contribution in [2.24, 2.45) is 5.41 Å². The van der Waals surface area contributed by atoms with Crippen molar-refractivity contribution in [3.63, 3.8) is 0 Å². The molecule has 0 radical (unpaired) electrons. The van der Waals surface area contributed by atoms with E-state index < -0.39 is 28.2 Å². The fourth-order valence-corrected chi connectivity index (χ4v) is 1.26. The Morgan fingerprint density at radius 2 is 1.67 bits per heavy atom. The van der Waals surface area contributed by atoms with Gasteiger partial charge < -0.3 is 4.55 Å². The second-order valence-corrected chi connectivity index (χ2v) is 4.12. The number of hydrogen-bond donors (Lipinski definition) is 0. The van der Waals surface area contributed by atoms with E-state index in [2.05, 4.69) is 0 Å². The van der Waals surface area contributed by atoms with Crippen LogP contribution in [-0.4, -0.2) is 20.4 Å². The fraction of sp³-hybridized carbons (Fsp3) is 1.00. The van der Waals surface area contributed by atoms with Crippen molar-refractivity contribution >= 4 is 11.1 Å². The second-order valence-electron chi connectivity index (χ2n) is 3.22. The molecular formula is C6H11F2NaO2S. The number of alkyl halides is 2. The number of hydrogen-bond acceptors (Lipinski definition) is 2. The molecule has 0 heterocycles. The van der Waals surface area contributed by atoms with E-state index in [0.717, 1.165) is 6.92 Å². The molecule has 0 amide bonds. The van der Waals surface area contributed by atoms with Gasteiger partial charge in [-0.1, -0.05) is 24.9 Å². The third-order valence-corrected chi connectivity index (χ3v) is 2.62. The molecule has 0 aromatic heterocycles. The summed E-state index contributed by atoms with van der Waals surface area (Å²) in [7, 11) is 0. The first-order valence-electron chi connectivity index (χ1n) is 3.10. The number of rotatable bonds is 3. The van der Waals surface area contributed by atoms with Crippen molar-refractivity contribution in [1.82, 2.24) is 0 Å². The molecule has 1 unspecified atom stereocenters. The average molecular weight is 208 g/mol. The van der Waals surface area contributed by atoms with Crippen molar-refractivity contribution in [3.05, 3.63) is 0 Å². The molecule has 0 aromatic carbocycles. The molecule has 6 heteroatoms. The molecule has 68 valence electrons. The predicted octanol–water partition coefficient (Wildman–Crippen LogP) is -1.45. The molecule has 0 saturated carbocycles. The summed E-state index contributed by atoms with van der Waals surface area (Å²) in [6.07, 6.45) is 0. The van der Waals surface area contributed by atoms with Gasteiger partial charge in [0.1, 0.15) is 0 Å². The summed E-state index contributed by atoms with van der Waals surface area (Å²) in [5, 5.41) is 0. The van der Waals surface area contributed by atoms with Gasteiger partial charge in [-0.25, -0.2) is 8.78 Å². The maximum Gasteiger partial charge on any atom is 1.00 e. The molecule has 0 spiro atoms. The zero-order valence-electron chi connectivity index (χ0n) is 7.69. The minimum Gasteiger partial charge on any atom is -0.772 e. The summed E-state index contributed by atoms with van der Waals surface area (Å²) in [5.41, 5.74) is -1.49. The zero-order valence-corrected chi connectivity index (χ0v) is 10.5. The molecule has 0 bridgehead atoms. The topological polar surface area (TPSA) is 40.1 Å². The Bertz CT molecular complexity index is 167. The maximum absolute atomic E-state index is 12.6. The van der Waals surface area contributed by atoms with Gasteiger partial charge in [-0.3, -0.25) is 4.21 Å². The maximum atomic E-state index is 12.6. The van der Waals surface area contributed by atoms with Gasteiger partial charge in [0.25, 0.3) is 5.92 Å². The SMILES string of the molecule is CC(F)(F)C(C)(C)CS(=O)[O-].[Na+]. The Hall–Kier alpha value is 0.970. The van der Waals surface area contributed by atoms with Gasteiger partial charge in [-0.2, -0.15) is 0 Å². The molecule has 0 fully saturated rings. The first-order valence-corrected chi connectivity index (χ1v) is 4.35. The van der Waals surface area contributed by atoms with E-state index in [0.29, 0.717) is 0 Å². The molecule has 0 aliphatic heterocycles. The average Bonchev–Trinajstić information content (AvgIpc) is 1.56. The van der Waals surface area contributed by atoms with Crippen LogP contribution in [0.2, 0.25) is 0 Å². The summed E-state index contributed by atoms with van der Waals surface area (Å²) in [5.74, 6) is -3.48. The normalized spacial score (nSPS) is 15.2. The second kappa shape index (κ2) is 5.00. The van der Waals surface area contributed by atoms with Crippen LogP contribution in [0, 0.1) is 5.41 Å². The van der Waals surface area contributed by atoms with Gasteiger partial charge in [0.05, 0.1) is 0 Å². The summed E-state index contributed by atoms with van der Waals surface area (Å²) in [6, 6.07) is 0. The molecular weight excluding hydrogens is 197 g/mol. The predicted molar refractivity (Wildman–Crippen MR) is 38.2 cm³/mol. The Morgan fingerprint density at radius 1 is 1.33 bits per heavy atom. The molecule has 0 aliphatic carbocycles. The Labute approximate surface area is 95.7 Å². The van der Waals surface area contributed by atoms with E-state index in [9.17, 15) is 17.5 Å². The molecule has 0 aliphatic rings. The van der Waals surface area contributed by atoms with Crippen molar-refractivity contribution in [1.29, 1.82) is 0 Å². The van der Waals surface area contributed by atoms with Gasteiger partial charge in [-0.15, -0.1) is 0 Å². The third kappa shape index (κ3) is 4.87. The number of halogens is 2. The quantitative estimate of drug-likeness (QED) is 0.420. The van der Waals surface area contributed by atoms with E-state index in [1.54, 1.807) is 0 Å². The smallest absolute Gasteiger partial charge is 0.772 e. The molecule has 0 N–H and O–H groups in total. The van der Waals surface area contributed by atoms with E-state index in [1.807, 2.05) is 0 Å². The van der Waals surface area contributed by atoms with Crippen LogP contribution in [0.3, 0.4) is 0 Å². The first-order chi connectivity index (χ1) is 4.67. The van der Waals surface area contributed by atoms with Crippen molar-refractivity contribution in [2.45, 2.75) is 26.7 Å². The van der Waals surface area contributed by atoms with Crippen LogP contribution in [-0.2, 0) is 11.1 Å². The largest absolute Gasteiger partial charge is 1.00 e. The van der Waals surface area contributed by atoms with Crippen molar-refractivity contribution in [3.8, 4) is 0 Å². The van der Waals surface area contributed by atoms with Gasteiger partial charge in [0, 0.05) is 11.2 Å². The fourth-order valence-electron chi connectivity index (χ4n) is 0.421. The van der Waals surface area contributed by atoms with Gasteiger partial charge in [0.2, 0.25) is 0 Å². The summed E-state index contributed by atoms with van der Waals surface area (Å²) < 4.78 is 45.4. The van der Waals surface area contributed by atoms with Crippen LogP contribution in [0.25, 0.3) is 0 Å². The van der Waals surface area contributed by atoms with E-state index in [1.165, 1.54) is 13.8 Å². The van der Waals surface area contributed by atoms with Crippen LogP contribution >= 0.6 is 0 Å². The van der Waals surface area contributed by atoms with Crippen molar-refractivity contribution < 1.29 is 47.1 Å². The molecule has 2 nitrogen and oxygen atoms in total. The first kappa shape index (κ1) is 15.4. The minimum absolute atomic E-state index is 0. The molecule has 12 heavy (non-hydrogen) atoms. The van der Waals surface area contributed by atoms with Crippen LogP contribution in [0.1, 0.15) is 20.8 Å². The van der Waals surface area contributed by atoms with Crippen LogP contribution in [0.15, 0.2) is 0 Å². The Morgan fingerprint density at radius 3 is 1.75 bits per heavy atom. The molecule has 0 saturated heterocycles. The standard InChI is InChI=1S/C6H12F2O2S.Na/c1-5(2,4-11(9)10)6(3,7)8;/h4H2,1-3H3,(H,9,10);/q;+1/p-1. The Kier molecular flexibility index (Phi) is 6.44. The molecule has 0 aromatic rings. The van der Waals surface area contributed by atoms with E-state index in [4.69, 9.17) is 0 Å². The molecule has 0 rings (SSSR count). The van der Waals surface area contributed by atoms with Crippen LogP contribution < -0.4 is 29.6 Å². The summed E-state index contributed by atoms with van der Waals surface area (Å²) >= 11 is -2.41. The summed E-state index contributed by atoms with van der Waals surface area (Å²) in [4.78, 5) is 0. The van der Waals surface area contributed by atoms with Gasteiger partial charge >= 0.3 is 29.6 Å². The van der Waals surface area contributed by atoms with Gasteiger partial charge in [0.15, 0.2) is 0 Å². The monoisotopic (exact) mass is 208 g/mol. The van der Waals surface area contributed by atoms with E-state index in [-0.39, 0.29) is 29.6 Å². The Balaban J connectivity index is 0. The zero-order chi connectivity index (χ0) is 9.28. The van der Waals surface area contributed by atoms with Gasteiger partial charge in [-0.05, 0) is 6.92 Å². The molecule has 1 atom stereocenters. The van der Waals surface area contributed by atoms with E-state index >= 15 is 0 Å².